The maximum absolute atomic E-state index is 12.4. The van der Waals surface area contributed by atoms with Crippen LogP contribution in [0.4, 0.5) is 5.13 Å². The summed E-state index contributed by atoms with van der Waals surface area (Å²) in [6.07, 6.45) is 11.8. The summed E-state index contributed by atoms with van der Waals surface area (Å²) >= 11 is 1.17. The fourth-order valence-corrected chi connectivity index (χ4v) is 4.93. The van der Waals surface area contributed by atoms with Gasteiger partial charge in [-0.2, -0.15) is 10.2 Å². The average molecular weight is 495 g/mol. The van der Waals surface area contributed by atoms with Crippen molar-refractivity contribution >= 4 is 28.6 Å². The summed E-state index contributed by atoms with van der Waals surface area (Å²) in [7, 11) is 0. The summed E-state index contributed by atoms with van der Waals surface area (Å²) in [6, 6.07) is 20.3. The van der Waals surface area contributed by atoms with Gasteiger partial charge in [-0.05, 0) is 36.6 Å². The van der Waals surface area contributed by atoms with Gasteiger partial charge in [0.25, 0.3) is 5.91 Å². The van der Waals surface area contributed by atoms with Gasteiger partial charge in [0.15, 0.2) is 5.13 Å². The largest absolute Gasteiger partial charge is 0.375 e. The van der Waals surface area contributed by atoms with Crippen molar-refractivity contribution in [2.75, 3.05) is 5.73 Å². The molecule has 0 fully saturated rings. The maximum Gasteiger partial charge on any atom is 0.283 e. The lowest BCUT2D eigenvalue weighted by Crippen LogP contribution is -2.17. The molecule has 0 aliphatic heterocycles. The molecule has 180 valence electrons. The molecule has 2 aromatic heterocycles. The number of allylic oxidation sites excluding steroid dienone is 4. The second-order valence-corrected chi connectivity index (χ2v) is 9.39. The van der Waals surface area contributed by atoms with Crippen molar-refractivity contribution < 1.29 is 4.79 Å². The number of carbonyl (C=O) groups excluding carboxylic acids is 1. The first-order valence-electron chi connectivity index (χ1n) is 11.8. The number of nitrogens with one attached hydrogen (secondary N) is 1. The molecule has 4 aromatic rings. The smallest absolute Gasteiger partial charge is 0.283 e. The van der Waals surface area contributed by atoms with Crippen molar-refractivity contribution in [1.82, 2.24) is 20.2 Å². The number of hydrazone groups is 1. The normalized spacial score (nSPS) is 15.0. The minimum Gasteiger partial charge on any atom is -0.375 e. The quantitative estimate of drug-likeness (QED) is 0.262. The molecule has 8 heteroatoms. The Balaban J connectivity index is 1.36. The Morgan fingerprint density at radius 1 is 1.19 bits per heavy atom. The van der Waals surface area contributed by atoms with E-state index in [-0.39, 0.29) is 11.8 Å². The Morgan fingerprint density at radius 3 is 2.72 bits per heavy atom. The van der Waals surface area contributed by atoms with Gasteiger partial charge in [0, 0.05) is 11.5 Å². The van der Waals surface area contributed by atoms with Gasteiger partial charge in [-0.15, -0.1) is 0 Å². The van der Waals surface area contributed by atoms with Crippen molar-refractivity contribution in [3.63, 3.8) is 0 Å². The number of aromatic nitrogens is 3. The highest BCUT2D eigenvalue weighted by molar-refractivity contribution is 7.17. The number of amides is 1. The van der Waals surface area contributed by atoms with Crippen LogP contribution in [-0.2, 0) is 6.42 Å². The van der Waals surface area contributed by atoms with Crippen LogP contribution in [0, 0.1) is 0 Å². The summed E-state index contributed by atoms with van der Waals surface area (Å²) in [5, 5.41) is 9.44. The summed E-state index contributed by atoms with van der Waals surface area (Å²) in [5.74, 6) is -0.0525. The zero-order chi connectivity index (χ0) is 24.9. The number of thiazole rings is 1. The van der Waals surface area contributed by atoms with E-state index in [4.69, 9.17) is 10.8 Å². The molecule has 0 saturated heterocycles. The van der Waals surface area contributed by atoms with E-state index in [2.05, 4.69) is 58.0 Å². The van der Waals surface area contributed by atoms with Gasteiger partial charge in [-0.1, -0.05) is 85.0 Å². The lowest BCUT2D eigenvalue weighted by Gasteiger charge is -2.15. The Kier molecular flexibility index (Phi) is 6.86. The number of benzene rings is 2. The van der Waals surface area contributed by atoms with Crippen LogP contribution in [-0.4, -0.2) is 26.9 Å². The van der Waals surface area contributed by atoms with Gasteiger partial charge in [0.05, 0.1) is 29.0 Å². The van der Waals surface area contributed by atoms with Crippen LogP contribution in [0.5, 0.6) is 0 Å². The minimum atomic E-state index is -0.307. The van der Waals surface area contributed by atoms with E-state index in [0.29, 0.717) is 22.1 Å². The highest BCUT2D eigenvalue weighted by Crippen LogP contribution is 2.30. The zero-order valence-corrected chi connectivity index (χ0v) is 20.7. The van der Waals surface area contributed by atoms with E-state index in [1.807, 2.05) is 54.1 Å². The molecule has 7 nitrogen and oxygen atoms in total. The topological polar surface area (TPSA) is 98.2 Å². The Morgan fingerprint density at radius 2 is 2.00 bits per heavy atom. The first kappa shape index (κ1) is 23.4. The van der Waals surface area contributed by atoms with Crippen LogP contribution < -0.4 is 11.2 Å². The molecule has 1 aliphatic carbocycles. The molecule has 0 bridgehead atoms. The van der Waals surface area contributed by atoms with E-state index >= 15 is 0 Å². The highest BCUT2D eigenvalue weighted by Gasteiger charge is 2.19. The molecular weight excluding hydrogens is 468 g/mol. The van der Waals surface area contributed by atoms with E-state index in [0.717, 1.165) is 34.6 Å². The number of hydrogen-bond donors (Lipinski definition) is 2. The molecule has 1 aliphatic rings. The number of nitrogens with two attached hydrogens (primary N) is 1. The molecule has 1 atom stereocenters. The van der Waals surface area contributed by atoms with Crippen LogP contribution in [0.2, 0.25) is 0 Å². The molecule has 5 rings (SSSR count). The van der Waals surface area contributed by atoms with Gasteiger partial charge >= 0.3 is 0 Å². The SMILES string of the molecule is CCc1nc(N)sc1C(=O)NN=Cc1ccc(-n2nc(-c3ccccc3)cc2C2C=CC=CC2)cc1. The average Bonchev–Trinajstić information content (AvgIpc) is 3.54. The van der Waals surface area contributed by atoms with Crippen LogP contribution in [0.1, 0.15) is 45.9 Å². The number of aryl methyl sites for hydroxylation is 1. The molecule has 0 saturated carbocycles. The van der Waals surface area contributed by atoms with Crippen LogP contribution in [0.25, 0.3) is 16.9 Å². The second-order valence-electron chi connectivity index (χ2n) is 8.36. The van der Waals surface area contributed by atoms with E-state index < -0.39 is 0 Å². The summed E-state index contributed by atoms with van der Waals surface area (Å²) in [5.41, 5.74) is 14.0. The third kappa shape index (κ3) is 5.04. The number of nitrogen functional groups attached to an aromatic ring is 1. The number of rotatable bonds is 7. The lowest BCUT2D eigenvalue weighted by atomic mass is 9.96. The molecule has 36 heavy (non-hydrogen) atoms. The van der Waals surface area contributed by atoms with Crippen molar-refractivity contribution in [1.29, 1.82) is 0 Å². The van der Waals surface area contributed by atoms with Crippen molar-refractivity contribution in [2.24, 2.45) is 5.10 Å². The second kappa shape index (κ2) is 10.5. The Hall–Kier alpha value is -4.30. The lowest BCUT2D eigenvalue weighted by molar-refractivity contribution is 0.0958. The fourth-order valence-electron chi connectivity index (χ4n) is 4.12. The number of anilines is 1. The molecule has 0 radical (unpaired) electrons. The van der Waals surface area contributed by atoms with E-state index in [1.54, 1.807) is 6.21 Å². The number of carbonyl (C=O) groups is 1. The fraction of sp³-hybridized carbons (Fsp3) is 0.143. The molecule has 1 unspecified atom stereocenters. The first-order chi connectivity index (χ1) is 17.6. The maximum atomic E-state index is 12.4. The van der Waals surface area contributed by atoms with Gasteiger partial charge < -0.3 is 5.73 Å². The predicted molar refractivity (Wildman–Crippen MR) is 146 cm³/mol. The monoisotopic (exact) mass is 494 g/mol. The first-order valence-corrected chi connectivity index (χ1v) is 12.6. The van der Waals surface area contributed by atoms with Gasteiger partial charge in [-0.25, -0.2) is 15.1 Å². The summed E-state index contributed by atoms with van der Waals surface area (Å²) < 4.78 is 2.01. The highest BCUT2D eigenvalue weighted by atomic mass is 32.1. The molecule has 0 spiro atoms. The van der Waals surface area contributed by atoms with Crippen LogP contribution >= 0.6 is 11.3 Å². The van der Waals surface area contributed by atoms with Crippen LogP contribution in [0.3, 0.4) is 0 Å². The number of hydrogen-bond acceptors (Lipinski definition) is 6. The van der Waals surface area contributed by atoms with Crippen molar-refractivity contribution in [3.05, 3.63) is 107 Å². The number of nitrogens with zero attached hydrogens (tertiary/aromatic N) is 4. The predicted octanol–water partition coefficient (Wildman–Crippen LogP) is 5.50. The van der Waals surface area contributed by atoms with Gasteiger partial charge in [0.2, 0.25) is 0 Å². The molecular formula is C28H26N6OS. The third-order valence-corrected chi connectivity index (χ3v) is 6.86. The van der Waals surface area contributed by atoms with E-state index in [9.17, 15) is 4.79 Å². The summed E-state index contributed by atoms with van der Waals surface area (Å²) in [6.45, 7) is 1.94. The van der Waals surface area contributed by atoms with Crippen molar-refractivity contribution in [2.45, 2.75) is 25.7 Å². The summed E-state index contributed by atoms with van der Waals surface area (Å²) in [4.78, 5) is 17.1. The van der Waals surface area contributed by atoms with Gasteiger partial charge in [0.1, 0.15) is 4.88 Å². The van der Waals surface area contributed by atoms with E-state index in [1.165, 1.54) is 11.3 Å². The molecule has 1 amide bonds. The Bertz CT molecular complexity index is 1450. The molecule has 2 heterocycles. The standard InChI is InChI=1S/C28H26N6OS/c1-2-23-26(36-28(29)31-23)27(35)32-30-18-19-13-15-22(16-14-19)34-25(21-11-7-4-8-12-21)17-24(33-34)20-9-5-3-6-10-20/h3-11,13-18,21H,2,12H2,1H3,(H2,29,31)(H,32,35). The minimum absolute atomic E-state index is 0.255. The Labute approximate surface area is 213 Å². The van der Waals surface area contributed by atoms with Crippen molar-refractivity contribution in [3.8, 4) is 16.9 Å². The molecule has 2 aromatic carbocycles. The third-order valence-electron chi connectivity index (χ3n) is 5.94. The van der Waals surface area contributed by atoms with Crippen LogP contribution in [0.15, 0.2) is 90.1 Å². The molecule has 3 N–H and O–H groups in total. The van der Waals surface area contributed by atoms with Gasteiger partial charge in [-0.3, -0.25) is 4.79 Å². The zero-order valence-electron chi connectivity index (χ0n) is 19.8.